The molecule has 27 heavy (non-hydrogen) atoms. The highest BCUT2D eigenvalue weighted by Crippen LogP contribution is 2.31. The Kier molecular flexibility index (Phi) is 4.82. The first-order valence-electron chi connectivity index (χ1n) is 8.06. The summed E-state index contributed by atoms with van der Waals surface area (Å²) >= 11 is 3.08. The number of nitrogen functional groups attached to an aromatic ring is 1. The van der Waals surface area contributed by atoms with Crippen LogP contribution in [-0.2, 0) is 12.8 Å². The van der Waals surface area contributed by atoms with Crippen molar-refractivity contribution < 1.29 is 4.74 Å². The molecule has 138 valence electrons. The number of nitrogens with two attached hydrogens (primary N) is 1. The summed E-state index contributed by atoms with van der Waals surface area (Å²) < 4.78 is 8.63. The van der Waals surface area contributed by atoms with Crippen molar-refractivity contribution in [2.24, 2.45) is 7.05 Å². The van der Waals surface area contributed by atoms with Crippen molar-refractivity contribution in [3.8, 4) is 27.7 Å². The van der Waals surface area contributed by atoms with Gasteiger partial charge < -0.3 is 10.6 Å². The van der Waals surface area contributed by atoms with E-state index >= 15 is 0 Å². The van der Waals surface area contributed by atoms with E-state index in [0.717, 1.165) is 21.8 Å². The summed E-state index contributed by atoms with van der Waals surface area (Å²) in [6.07, 6.45) is 3.76. The van der Waals surface area contributed by atoms with Gasteiger partial charge in [-0.2, -0.15) is 5.10 Å². The van der Waals surface area contributed by atoms with Gasteiger partial charge in [-0.25, -0.2) is 9.66 Å². The monoisotopic (exact) mass is 399 g/mol. The summed E-state index contributed by atoms with van der Waals surface area (Å²) in [6, 6.07) is 7.58. The van der Waals surface area contributed by atoms with Crippen LogP contribution in [0.1, 0.15) is 5.69 Å². The fraction of sp³-hybridized carbons (Fsp3) is 0.176. The third-order valence-electron chi connectivity index (χ3n) is 3.87. The Bertz CT molecular complexity index is 1070. The highest BCUT2D eigenvalue weighted by Gasteiger charge is 2.16. The standard InChI is InChI=1S/C17H17N7OS2/c1-23-8-11(7-19-23)16-20-12(9-26-16)10-27-17-22-21-15(24(17)18)13-5-3-4-6-14(13)25-2/h3-9H,10,18H2,1-2H3. The molecule has 0 bridgehead atoms. The zero-order chi connectivity index (χ0) is 18.8. The minimum atomic E-state index is 0.560. The van der Waals surface area contributed by atoms with Crippen LogP contribution in [0.15, 0.2) is 47.2 Å². The maximum atomic E-state index is 6.21. The zero-order valence-corrected chi connectivity index (χ0v) is 16.4. The number of rotatable bonds is 6. The number of para-hydroxylation sites is 1. The number of aryl methyl sites for hydroxylation is 1. The van der Waals surface area contributed by atoms with Gasteiger partial charge in [-0.1, -0.05) is 23.9 Å². The van der Waals surface area contributed by atoms with Crippen LogP contribution in [0.5, 0.6) is 5.75 Å². The van der Waals surface area contributed by atoms with E-state index in [4.69, 9.17) is 10.6 Å². The van der Waals surface area contributed by atoms with Gasteiger partial charge in [-0.15, -0.1) is 21.5 Å². The molecule has 0 spiro atoms. The van der Waals surface area contributed by atoms with Crippen LogP contribution in [0.4, 0.5) is 0 Å². The molecule has 0 atom stereocenters. The van der Waals surface area contributed by atoms with Gasteiger partial charge in [0.15, 0.2) is 5.82 Å². The number of hydrogen-bond acceptors (Lipinski definition) is 8. The second-order valence-corrected chi connectivity index (χ2v) is 7.51. The lowest BCUT2D eigenvalue weighted by molar-refractivity contribution is 0.416. The number of nitrogens with zero attached hydrogens (tertiary/aromatic N) is 6. The van der Waals surface area contributed by atoms with Crippen molar-refractivity contribution >= 4 is 23.1 Å². The van der Waals surface area contributed by atoms with Gasteiger partial charge >= 0.3 is 0 Å². The molecule has 0 unspecified atom stereocenters. The molecular formula is C17H17N7OS2. The van der Waals surface area contributed by atoms with Crippen LogP contribution < -0.4 is 10.6 Å². The molecule has 3 aromatic heterocycles. The fourth-order valence-electron chi connectivity index (χ4n) is 2.56. The summed E-state index contributed by atoms with van der Waals surface area (Å²) in [6.45, 7) is 0. The minimum absolute atomic E-state index is 0.560. The molecule has 0 amide bonds. The van der Waals surface area contributed by atoms with Gasteiger partial charge in [-0.05, 0) is 12.1 Å². The lowest BCUT2D eigenvalue weighted by Gasteiger charge is -2.07. The van der Waals surface area contributed by atoms with E-state index in [0.29, 0.717) is 22.5 Å². The molecule has 4 aromatic rings. The molecule has 3 heterocycles. The molecule has 0 saturated heterocycles. The normalized spacial score (nSPS) is 11.0. The van der Waals surface area contributed by atoms with E-state index < -0.39 is 0 Å². The molecule has 0 aliphatic rings. The first kappa shape index (κ1) is 17.6. The average molecular weight is 400 g/mol. The Labute approximate surface area is 164 Å². The molecule has 0 saturated carbocycles. The zero-order valence-electron chi connectivity index (χ0n) is 14.7. The predicted octanol–water partition coefficient (Wildman–Crippen LogP) is 2.82. The summed E-state index contributed by atoms with van der Waals surface area (Å²) in [4.78, 5) is 4.66. The van der Waals surface area contributed by atoms with Gasteiger partial charge in [0, 0.05) is 29.9 Å². The maximum absolute atomic E-state index is 6.21. The van der Waals surface area contributed by atoms with Crippen LogP contribution in [0.2, 0.25) is 0 Å². The third kappa shape index (κ3) is 3.53. The molecule has 2 N–H and O–H groups in total. The van der Waals surface area contributed by atoms with Gasteiger partial charge in [0.1, 0.15) is 10.8 Å². The van der Waals surface area contributed by atoms with Crippen LogP contribution in [-0.4, -0.2) is 36.7 Å². The second-order valence-electron chi connectivity index (χ2n) is 5.71. The Balaban J connectivity index is 1.50. The topological polar surface area (TPSA) is 96.7 Å². The summed E-state index contributed by atoms with van der Waals surface area (Å²) in [5.74, 6) is 8.12. The molecule has 1 aromatic carbocycles. The highest BCUT2D eigenvalue weighted by atomic mass is 32.2. The molecule has 0 radical (unpaired) electrons. The van der Waals surface area contributed by atoms with Gasteiger partial charge in [0.05, 0.1) is 24.6 Å². The van der Waals surface area contributed by atoms with E-state index in [2.05, 4.69) is 20.3 Å². The first-order valence-corrected chi connectivity index (χ1v) is 9.92. The molecule has 0 aliphatic carbocycles. The molecule has 0 fully saturated rings. The van der Waals surface area contributed by atoms with Crippen LogP contribution in [0.3, 0.4) is 0 Å². The van der Waals surface area contributed by atoms with E-state index in [1.165, 1.54) is 16.4 Å². The Morgan fingerprint density at radius 3 is 2.89 bits per heavy atom. The number of methoxy groups -OCH3 is 1. The quantitative estimate of drug-likeness (QED) is 0.393. The van der Waals surface area contributed by atoms with Gasteiger partial charge in [-0.3, -0.25) is 4.68 Å². The average Bonchev–Trinajstić information content (AvgIpc) is 3.40. The number of benzene rings is 1. The second kappa shape index (κ2) is 7.41. The van der Waals surface area contributed by atoms with Crippen molar-refractivity contribution in [1.82, 2.24) is 29.6 Å². The van der Waals surface area contributed by atoms with Crippen molar-refractivity contribution in [3.63, 3.8) is 0 Å². The van der Waals surface area contributed by atoms with Crippen LogP contribution in [0, 0.1) is 0 Å². The molecule has 10 heteroatoms. The summed E-state index contributed by atoms with van der Waals surface area (Å²) in [5, 5.41) is 16.2. The lowest BCUT2D eigenvalue weighted by Crippen LogP contribution is -2.12. The van der Waals surface area contributed by atoms with Crippen LogP contribution >= 0.6 is 23.1 Å². The number of ether oxygens (including phenoxy) is 1. The van der Waals surface area contributed by atoms with Crippen LogP contribution in [0.25, 0.3) is 22.0 Å². The van der Waals surface area contributed by atoms with Crippen molar-refractivity contribution in [2.75, 3.05) is 13.0 Å². The molecular weight excluding hydrogens is 382 g/mol. The summed E-state index contributed by atoms with van der Waals surface area (Å²) in [5.41, 5.74) is 2.78. The fourth-order valence-corrected chi connectivity index (χ4v) is 4.21. The van der Waals surface area contributed by atoms with E-state index in [1.54, 1.807) is 23.1 Å². The molecule has 4 rings (SSSR count). The third-order valence-corrected chi connectivity index (χ3v) is 5.78. The van der Waals surface area contributed by atoms with Crippen molar-refractivity contribution in [2.45, 2.75) is 10.9 Å². The van der Waals surface area contributed by atoms with E-state index in [9.17, 15) is 0 Å². The lowest BCUT2D eigenvalue weighted by atomic mass is 10.2. The Hall–Kier alpha value is -2.85. The summed E-state index contributed by atoms with van der Waals surface area (Å²) in [7, 11) is 3.51. The Morgan fingerprint density at radius 2 is 2.11 bits per heavy atom. The SMILES string of the molecule is COc1ccccc1-c1nnc(SCc2csc(-c3cnn(C)c3)n2)n1N. The first-order chi connectivity index (χ1) is 13.2. The number of thiazole rings is 1. The molecule has 8 nitrogen and oxygen atoms in total. The highest BCUT2D eigenvalue weighted by molar-refractivity contribution is 7.98. The van der Waals surface area contributed by atoms with Gasteiger partial charge in [0.25, 0.3) is 0 Å². The Morgan fingerprint density at radius 1 is 1.26 bits per heavy atom. The van der Waals surface area contributed by atoms with Gasteiger partial charge in [0.2, 0.25) is 5.16 Å². The number of thioether (sulfide) groups is 1. The smallest absolute Gasteiger partial charge is 0.210 e. The van der Waals surface area contributed by atoms with E-state index in [-0.39, 0.29) is 0 Å². The molecule has 0 aliphatic heterocycles. The minimum Gasteiger partial charge on any atom is -0.496 e. The van der Waals surface area contributed by atoms with Crippen molar-refractivity contribution in [1.29, 1.82) is 0 Å². The van der Waals surface area contributed by atoms with E-state index in [1.807, 2.05) is 49.1 Å². The number of hydrogen-bond donors (Lipinski definition) is 1. The predicted molar refractivity (Wildman–Crippen MR) is 106 cm³/mol. The maximum Gasteiger partial charge on any atom is 0.210 e. The number of aromatic nitrogens is 6. The van der Waals surface area contributed by atoms with Crippen molar-refractivity contribution in [3.05, 3.63) is 47.7 Å². The largest absolute Gasteiger partial charge is 0.496 e.